The Hall–Kier alpha value is -3.01. The van der Waals surface area contributed by atoms with E-state index in [1.807, 2.05) is 6.07 Å². The largest absolute Gasteiger partial charge is 0.481 e. The van der Waals surface area contributed by atoms with Crippen LogP contribution in [0.15, 0.2) is 30.3 Å². The molecule has 0 aliphatic carbocycles. The number of aliphatic carboxylic acids is 1. The summed E-state index contributed by atoms with van der Waals surface area (Å²) in [5.74, 6) is -1.17. The summed E-state index contributed by atoms with van der Waals surface area (Å²) in [4.78, 5) is 36.3. The number of ether oxygens (including phenoxy) is 1. The van der Waals surface area contributed by atoms with E-state index in [0.29, 0.717) is 18.1 Å². The molecular formula is C16H18ClN5O5. The van der Waals surface area contributed by atoms with E-state index in [2.05, 4.69) is 20.7 Å². The third kappa shape index (κ3) is 7.02. The molecule has 1 heterocycles. The van der Waals surface area contributed by atoms with E-state index in [1.165, 1.54) is 0 Å². The van der Waals surface area contributed by atoms with Crippen LogP contribution >= 0.6 is 11.6 Å². The van der Waals surface area contributed by atoms with E-state index in [-0.39, 0.29) is 13.2 Å². The van der Waals surface area contributed by atoms with Crippen molar-refractivity contribution in [2.75, 3.05) is 5.88 Å². The molecule has 0 aliphatic rings. The maximum atomic E-state index is 12.3. The number of benzene rings is 1. The first-order valence-electron chi connectivity index (χ1n) is 8.02. The molecule has 0 saturated carbocycles. The van der Waals surface area contributed by atoms with Crippen molar-refractivity contribution in [3.8, 4) is 0 Å². The van der Waals surface area contributed by atoms with Crippen molar-refractivity contribution in [3.63, 3.8) is 0 Å². The molecule has 10 nitrogen and oxygen atoms in total. The highest BCUT2D eigenvalue weighted by Gasteiger charge is 2.25. The molecule has 1 atom stereocenters. The van der Waals surface area contributed by atoms with Gasteiger partial charge in [0.1, 0.15) is 19.2 Å². The average Bonchev–Trinajstić information content (AvgIpc) is 3.07. The molecule has 1 unspecified atom stereocenters. The molecule has 0 spiro atoms. The number of aromatic nitrogens is 4. The number of carboxylic acid groups (broad SMARTS) is 1. The molecule has 2 rings (SSSR count). The number of carbonyl (C=O) groups excluding carboxylic acids is 2. The van der Waals surface area contributed by atoms with Crippen molar-refractivity contribution in [1.82, 2.24) is 25.5 Å². The number of Topliss-reactive ketones (excluding diaryl/α,β-unsaturated/α-hetero) is 1. The molecule has 1 aromatic heterocycles. The Kier molecular flexibility index (Phi) is 7.68. The summed E-state index contributed by atoms with van der Waals surface area (Å²) in [5.41, 5.74) is 0.757. The number of halogens is 1. The van der Waals surface area contributed by atoms with Crippen LogP contribution in [-0.4, -0.2) is 55.1 Å². The summed E-state index contributed by atoms with van der Waals surface area (Å²) in [6, 6.07) is 7.65. The lowest BCUT2D eigenvalue weighted by molar-refractivity contribution is -0.139. The number of nitrogens with zero attached hydrogens (tertiary/aromatic N) is 4. The first-order valence-corrected chi connectivity index (χ1v) is 8.55. The van der Waals surface area contributed by atoms with Crippen LogP contribution in [0.4, 0.5) is 4.79 Å². The maximum absolute atomic E-state index is 12.3. The van der Waals surface area contributed by atoms with Crippen molar-refractivity contribution >= 4 is 29.4 Å². The molecule has 0 aliphatic heterocycles. The zero-order chi connectivity index (χ0) is 19.6. The van der Waals surface area contributed by atoms with E-state index in [1.54, 1.807) is 24.3 Å². The van der Waals surface area contributed by atoms with Gasteiger partial charge in [-0.2, -0.15) is 4.80 Å². The van der Waals surface area contributed by atoms with Crippen molar-refractivity contribution in [2.45, 2.75) is 32.0 Å². The second-order valence-electron chi connectivity index (χ2n) is 5.50. The second kappa shape index (κ2) is 10.2. The lowest BCUT2D eigenvalue weighted by Gasteiger charge is -2.15. The normalized spacial score (nSPS) is 11.6. The van der Waals surface area contributed by atoms with Gasteiger partial charge in [-0.05, 0) is 10.8 Å². The zero-order valence-electron chi connectivity index (χ0n) is 14.2. The van der Waals surface area contributed by atoms with Crippen LogP contribution in [-0.2, 0) is 33.9 Å². The summed E-state index contributed by atoms with van der Waals surface area (Å²) >= 11 is 5.58. The van der Waals surface area contributed by atoms with Gasteiger partial charge in [0.2, 0.25) is 0 Å². The number of nitrogens with one attached hydrogen (secondary N) is 1. The molecule has 1 aromatic carbocycles. The lowest BCUT2D eigenvalue weighted by atomic mass is 10.1. The Bertz CT molecular complexity index is 783. The fraction of sp³-hybridized carbons (Fsp3) is 0.375. The number of carbonyl (C=O) groups is 3. The maximum Gasteiger partial charge on any atom is 0.408 e. The summed E-state index contributed by atoms with van der Waals surface area (Å²) in [6.07, 6.45) is -1.10. The summed E-state index contributed by atoms with van der Waals surface area (Å²) in [6.45, 7) is -0.348. The lowest BCUT2D eigenvalue weighted by Crippen LogP contribution is -2.44. The van der Waals surface area contributed by atoms with Gasteiger partial charge in [0.25, 0.3) is 0 Å². The standard InChI is InChI=1S/C16H18ClN5O5/c17-7-6-14-19-21-22(20-14)9-13(23)12(8-15(24)25)18-16(26)27-10-11-4-2-1-3-5-11/h1-5,12H,6-10H2,(H,18,26)(H,24,25). The van der Waals surface area contributed by atoms with Crippen molar-refractivity contribution < 1.29 is 24.2 Å². The van der Waals surface area contributed by atoms with E-state index in [0.717, 1.165) is 10.4 Å². The van der Waals surface area contributed by atoms with Gasteiger partial charge in [0.15, 0.2) is 11.6 Å². The number of hydrogen-bond acceptors (Lipinski definition) is 7. The minimum atomic E-state index is -1.28. The third-order valence-corrected chi connectivity index (χ3v) is 3.57. The molecule has 11 heteroatoms. The fourth-order valence-electron chi connectivity index (χ4n) is 2.10. The molecule has 0 saturated heterocycles. The molecule has 27 heavy (non-hydrogen) atoms. The molecule has 0 radical (unpaired) electrons. The Morgan fingerprint density at radius 3 is 2.67 bits per heavy atom. The van der Waals surface area contributed by atoms with Gasteiger partial charge < -0.3 is 15.2 Å². The van der Waals surface area contributed by atoms with E-state index in [4.69, 9.17) is 21.4 Å². The quantitative estimate of drug-likeness (QED) is 0.563. The van der Waals surface area contributed by atoms with Crippen LogP contribution in [0.1, 0.15) is 17.8 Å². The van der Waals surface area contributed by atoms with Crippen LogP contribution in [0.25, 0.3) is 0 Å². The smallest absolute Gasteiger partial charge is 0.408 e. The number of carboxylic acids is 1. The van der Waals surface area contributed by atoms with Crippen LogP contribution in [0.5, 0.6) is 0 Å². The van der Waals surface area contributed by atoms with Gasteiger partial charge in [-0.15, -0.1) is 21.8 Å². The molecule has 1 amide bonds. The number of aryl methyl sites for hydroxylation is 1. The van der Waals surface area contributed by atoms with Crippen LogP contribution in [0.3, 0.4) is 0 Å². The highest BCUT2D eigenvalue weighted by molar-refractivity contribution is 6.17. The Morgan fingerprint density at radius 1 is 1.26 bits per heavy atom. The highest BCUT2D eigenvalue weighted by Crippen LogP contribution is 2.03. The number of amides is 1. The second-order valence-corrected chi connectivity index (χ2v) is 5.88. The average molecular weight is 396 g/mol. The number of ketones is 1. The van der Waals surface area contributed by atoms with Crippen LogP contribution in [0, 0.1) is 0 Å². The predicted octanol–water partition coefficient (Wildman–Crippen LogP) is 0.793. The molecule has 2 N–H and O–H groups in total. The van der Waals surface area contributed by atoms with Crippen LogP contribution < -0.4 is 5.32 Å². The van der Waals surface area contributed by atoms with Crippen molar-refractivity contribution in [2.24, 2.45) is 0 Å². The first-order chi connectivity index (χ1) is 13.0. The number of rotatable bonds is 10. The SMILES string of the molecule is O=C(O)CC(NC(=O)OCc1ccccc1)C(=O)Cn1nnc(CCCl)n1. The van der Waals surface area contributed by atoms with Gasteiger partial charge >= 0.3 is 12.1 Å². The Balaban J connectivity index is 1.93. The molecule has 0 fully saturated rings. The van der Waals surface area contributed by atoms with Gasteiger partial charge in [-0.3, -0.25) is 9.59 Å². The summed E-state index contributed by atoms with van der Waals surface area (Å²) in [5, 5.41) is 22.6. The molecule has 2 aromatic rings. The zero-order valence-corrected chi connectivity index (χ0v) is 15.0. The molecule has 0 bridgehead atoms. The minimum Gasteiger partial charge on any atom is -0.481 e. The topological polar surface area (TPSA) is 136 Å². The fourth-order valence-corrected chi connectivity index (χ4v) is 2.27. The number of hydrogen-bond donors (Lipinski definition) is 2. The Morgan fingerprint density at radius 2 is 2.00 bits per heavy atom. The van der Waals surface area contributed by atoms with Gasteiger partial charge in [0.05, 0.1) is 6.42 Å². The first kappa shape index (κ1) is 20.3. The van der Waals surface area contributed by atoms with Crippen molar-refractivity contribution in [1.29, 1.82) is 0 Å². The van der Waals surface area contributed by atoms with Gasteiger partial charge in [-0.1, -0.05) is 30.3 Å². The van der Waals surface area contributed by atoms with Crippen molar-refractivity contribution in [3.05, 3.63) is 41.7 Å². The highest BCUT2D eigenvalue weighted by atomic mass is 35.5. The van der Waals surface area contributed by atoms with Gasteiger partial charge in [0, 0.05) is 12.3 Å². The van der Waals surface area contributed by atoms with Gasteiger partial charge in [-0.25, -0.2) is 4.79 Å². The predicted molar refractivity (Wildman–Crippen MR) is 93.1 cm³/mol. The van der Waals surface area contributed by atoms with E-state index >= 15 is 0 Å². The monoisotopic (exact) mass is 395 g/mol. The van der Waals surface area contributed by atoms with Crippen LogP contribution in [0.2, 0.25) is 0 Å². The summed E-state index contributed by atoms with van der Waals surface area (Å²) < 4.78 is 5.02. The third-order valence-electron chi connectivity index (χ3n) is 3.38. The Labute approximate surface area is 159 Å². The number of alkyl carbamates (subject to hydrolysis) is 1. The molecular weight excluding hydrogens is 378 g/mol. The number of tetrazole rings is 1. The van der Waals surface area contributed by atoms with E-state index in [9.17, 15) is 14.4 Å². The summed E-state index contributed by atoms with van der Waals surface area (Å²) in [7, 11) is 0. The minimum absolute atomic E-state index is 0.00687. The number of alkyl halides is 1. The van der Waals surface area contributed by atoms with E-state index < -0.39 is 30.3 Å². The molecule has 144 valence electrons.